The zero-order valence-corrected chi connectivity index (χ0v) is 8.37. The highest BCUT2D eigenvalue weighted by atomic mass is 16.5. The third-order valence-corrected chi connectivity index (χ3v) is 1.30. The predicted molar refractivity (Wildman–Crippen MR) is 50.2 cm³/mol. The smallest absolute Gasteiger partial charge is 0.0658 e. The Morgan fingerprint density at radius 2 is 2.17 bits per heavy atom. The molecule has 0 atom stereocenters. The first kappa shape index (κ1) is 11.2. The molecule has 0 saturated carbocycles. The lowest BCUT2D eigenvalue weighted by Gasteiger charge is -1.97. The standard InChI is InChI=1S/C7H12N2O.C2H6/c1-7-3-4-9(8-7)5-6-10-2;1-2/h3-4H,5-6H2,1-2H3;1-2H3. The van der Waals surface area contributed by atoms with Gasteiger partial charge >= 0.3 is 0 Å². The molecule has 0 saturated heterocycles. The Balaban J connectivity index is 0.000000561. The first-order chi connectivity index (χ1) is 5.83. The van der Waals surface area contributed by atoms with Crippen LogP contribution in [0.2, 0.25) is 0 Å². The summed E-state index contributed by atoms with van der Waals surface area (Å²) in [7, 11) is 1.69. The molecule has 0 radical (unpaired) electrons. The van der Waals surface area contributed by atoms with Crippen molar-refractivity contribution >= 4 is 0 Å². The topological polar surface area (TPSA) is 27.1 Å². The van der Waals surface area contributed by atoms with Crippen LogP contribution in [0, 0.1) is 6.92 Å². The van der Waals surface area contributed by atoms with Gasteiger partial charge in [-0.1, -0.05) is 13.8 Å². The quantitative estimate of drug-likeness (QED) is 0.692. The van der Waals surface area contributed by atoms with Gasteiger partial charge < -0.3 is 4.74 Å². The molecule has 1 aromatic rings. The highest BCUT2D eigenvalue weighted by Crippen LogP contribution is 1.91. The fourth-order valence-corrected chi connectivity index (χ4v) is 0.773. The van der Waals surface area contributed by atoms with Crippen molar-refractivity contribution in [3.05, 3.63) is 18.0 Å². The minimum Gasteiger partial charge on any atom is -0.383 e. The molecule has 0 N–H and O–H groups in total. The average molecular weight is 170 g/mol. The predicted octanol–water partition coefficient (Wildman–Crippen LogP) is 1.86. The third-order valence-electron chi connectivity index (χ3n) is 1.30. The summed E-state index contributed by atoms with van der Waals surface area (Å²) < 4.78 is 6.77. The highest BCUT2D eigenvalue weighted by Gasteiger charge is 1.90. The van der Waals surface area contributed by atoms with Crippen LogP contribution >= 0.6 is 0 Å². The van der Waals surface area contributed by atoms with E-state index in [2.05, 4.69) is 5.10 Å². The summed E-state index contributed by atoms with van der Waals surface area (Å²) in [4.78, 5) is 0. The normalized spacial score (nSPS) is 9.00. The molecule has 0 aromatic carbocycles. The van der Waals surface area contributed by atoms with Crippen LogP contribution in [0.15, 0.2) is 12.3 Å². The number of aryl methyl sites for hydroxylation is 1. The molecule has 1 rings (SSSR count). The summed E-state index contributed by atoms with van der Waals surface area (Å²) in [6.07, 6.45) is 1.95. The Morgan fingerprint density at radius 1 is 1.50 bits per heavy atom. The highest BCUT2D eigenvalue weighted by molar-refractivity contribution is 4.94. The SMILES string of the molecule is CC.COCCn1ccc(C)n1. The van der Waals surface area contributed by atoms with Gasteiger partial charge in [0.1, 0.15) is 0 Å². The molecule has 0 amide bonds. The van der Waals surface area contributed by atoms with Gasteiger partial charge in [-0.3, -0.25) is 4.68 Å². The summed E-state index contributed by atoms with van der Waals surface area (Å²) in [5, 5.41) is 4.18. The molecule has 0 aliphatic carbocycles. The number of methoxy groups -OCH3 is 1. The molecule has 3 nitrogen and oxygen atoms in total. The number of nitrogens with zero attached hydrogens (tertiary/aromatic N) is 2. The molecule has 0 bridgehead atoms. The second-order valence-electron chi connectivity index (χ2n) is 2.21. The number of rotatable bonds is 3. The summed E-state index contributed by atoms with van der Waals surface area (Å²) in [5.41, 5.74) is 1.05. The number of ether oxygens (including phenoxy) is 1. The van der Waals surface area contributed by atoms with Gasteiger partial charge in [-0.25, -0.2) is 0 Å². The third kappa shape index (κ3) is 4.13. The molecule has 12 heavy (non-hydrogen) atoms. The fraction of sp³-hybridized carbons (Fsp3) is 0.667. The minimum atomic E-state index is 0.723. The average Bonchev–Trinajstić information content (AvgIpc) is 2.51. The molecule has 1 aromatic heterocycles. The van der Waals surface area contributed by atoms with Crippen LogP contribution in [0.4, 0.5) is 0 Å². The van der Waals surface area contributed by atoms with Gasteiger partial charge in [0.25, 0.3) is 0 Å². The van der Waals surface area contributed by atoms with E-state index in [1.807, 2.05) is 37.7 Å². The molecular formula is C9H18N2O. The Labute approximate surface area is 74.3 Å². The van der Waals surface area contributed by atoms with Gasteiger partial charge in [0.05, 0.1) is 18.8 Å². The van der Waals surface area contributed by atoms with Crippen LogP contribution in [0.25, 0.3) is 0 Å². The molecule has 0 spiro atoms. The van der Waals surface area contributed by atoms with E-state index in [4.69, 9.17) is 4.74 Å². The van der Waals surface area contributed by atoms with E-state index in [1.165, 1.54) is 0 Å². The van der Waals surface area contributed by atoms with E-state index in [0.717, 1.165) is 18.8 Å². The van der Waals surface area contributed by atoms with E-state index in [0.29, 0.717) is 0 Å². The Morgan fingerprint density at radius 3 is 2.58 bits per heavy atom. The summed E-state index contributed by atoms with van der Waals surface area (Å²) in [5.74, 6) is 0. The van der Waals surface area contributed by atoms with E-state index in [-0.39, 0.29) is 0 Å². The van der Waals surface area contributed by atoms with Crippen molar-refractivity contribution in [1.29, 1.82) is 0 Å². The van der Waals surface area contributed by atoms with Crippen molar-refractivity contribution in [3.8, 4) is 0 Å². The largest absolute Gasteiger partial charge is 0.383 e. The molecular weight excluding hydrogens is 152 g/mol. The van der Waals surface area contributed by atoms with Crippen LogP contribution in [0.5, 0.6) is 0 Å². The maximum atomic E-state index is 4.89. The van der Waals surface area contributed by atoms with Gasteiger partial charge in [-0.15, -0.1) is 0 Å². The van der Waals surface area contributed by atoms with Gasteiger partial charge in [-0.05, 0) is 13.0 Å². The zero-order chi connectivity index (χ0) is 9.40. The summed E-state index contributed by atoms with van der Waals surface area (Å²) in [6, 6.07) is 1.98. The van der Waals surface area contributed by atoms with Crippen molar-refractivity contribution in [2.24, 2.45) is 0 Å². The number of hydrogen-bond acceptors (Lipinski definition) is 2. The van der Waals surface area contributed by atoms with Gasteiger partial charge in [0.2, 0.25) is 0 Å². The fourth-order valence-electron chi connectivity index (χ4n) is 0.773. The lowest BCUT2D eigenvalue weighted by atomic mass is 10.5. The van der Waals surface area contributed by atoms with Crippen molar-refractivity contribution in [2.45, 2.75) is 27.3 Å². The monoisotopic (exact) mass is 170 g/mol. The first-order valence-corrected chi connectivity index (χ1v) is 4.32. The maximum Gasteiger partial charge on any atom is 0.0658 e. The van der Waals surface area contributed by atoms with Crippen LogP contribution in [-0.2, 0) is 11.3 Å². The molecule has 0 unspecified atom stereocenters. The number of aromatic nitrogens is 2. The Bertz CT molecular complexity index is 196. The van der Waals surface area contributed by atoms with Crippen LogP contribution < -0.4 is 0 Å². The second kappa shape index (κ2) is 6.85. The van der Waals surface area contributed by atoms with E-state index in [9.17, 15) is 0 Å². The molecule has 0 fully saturated rings. The molecule has 1 heterocycles. The van der Waals surface area contributed by atoms with Gasteiger partial charge in [0.15, 0.2) is 0 Å². The lowest BCUT2D eigenvalue weighted by molar-refractivity contribution is 0.183. The van der Waals surface area contributed by atoms with Crippen LogP contribution in [-0.4, -0.2) is 23.5 Å². The summed E-state index contributed by atoms with van der Waals surface area (Å²) >= 11 is 0. The molecule has 0 aliphatic rings. The van der Waals surface area contributed by atoms with Crippen molar-refractivity contribution in [1.82, 2.24) is 9.78 Å². The van der Waals surface area contributed by atoms with E-state index in [1.54, 1.807) is 7.11 Å². The lowest BCUT2D eigenvalue weighted by Crippen LogP contribution is -2.04. The Kier molecular flexibility index (Phi) is 6.38. The zero-order valence-electron chi connectivity index (χ0n) is 8.37. The Hall–Kier alpha value is -0.830. The summed E-state index contributed by atoms with van der Waals surface area (Å²) in [6.45, 7) is 7.54. The first-order valence-electron chi connectivity index (χ1n) is 4.32. The molecule has 70 valence electrons. The van der Waals surface area contributed by atoms with Crippen molar-refractivity contribution < 1.29 is 4.74 Å². The van der Waals surface area contributed by atoms with Crippen LogP contribution in [0.3, 0.4) is 0 Å². The van der Waals surface area contributed by atoms with Gasteiger partial charge in [-0.2, -0.15) is 5.10 Å². The minimum absolute atomic E-state index is 0.723. The maximum absolute atomic E-state index is 4.89. The van der Waals surface area contributed by atoms with E-state index < -0.39 is 0 Å². The van der Waals surface area contributed by atoms with E-state index >= 15 is 0 Å². The van der Waals surface area contributed by atoms with Crippen molar-refractivity contribution in [3.63, 3.8) is 0 Å². The van der Waals surface area contributed by atoms with Crippen molar-refractivity contribution in [2.75, 3.05) is 13.7 Å². The molecule has 0 aliphatic heterocycles. The van der Waals surface area contributed by atoms with Gasteiger partial charge in [0, 0.05) is 13.3 Å². The van der Waals surface area contributed by atoms with Crippen LogP contribution in [0.1, 0.15) is 19.5 Å². The second-order valence-corrected chi connectivity index (χ2v) is 2.21. The molecule has 3 heteroatoms. The number of hydrogen-bond donors (Lipinski definition) is 0.